The summed E-state index contributed by atoms with van der Waals surface area (Å²) in [6.07, 6.45) is 3.05. The molecule has 4 rings (SSSR count). The Bertz CT molecular complexity index is 1190. The molecule has 8 heteroatoms. The molecule has 30 heavy (non-hydrogen) atoms. The molecule has 0 spiro atoms. The van der Waals surface area contributed by atoms with E-state index in [4.69, 9.17) is 4.74 Å². The van der Waals surface area contributed by atoms with Crippen molar-refractivity contribution >= 4 is 16.9 Å². The molecule has 0 radical (unpaired) electrons. The Hall–Kier alpha value is -3.94. The summed E-state index contributed by atoms with van der Waals surface area (Å²) in [7, 11) is 0. The van der Waals surface area contributed by atoms with Gasteiger partial charge in [0, 0.05) is 6.54 Å². The summed E-state index contributed by atoms with van der Waals surface area (Å²) < 4.78 is 8.59. The number of carbonyl (C=O) groups is 1. The number of rotatable bonds is 8. The van der Waals surface area contributed by atoms with Crippen LogP contribution in [-0.2, 0) is 17.9 Å². The van der Waals surface area contributed by atoms with E-state index in [0.717, 1.165) is 5.56 Å². The Morgan fingerprint density at radius 1 is 1.03 bits per heavy atom. The van der Waals surface area contributed by atoms with Crippen molar-refractivity contribution in [1.82, 2.24) is 24.6 Å². The maximum atomic E-state index is 12.7. The highest BCUT2D eigenvalue weighted by Gasteiger charge is 2.11. The van der Waals surface area contributed by atoms with Crippen LogP contribution < -0.4 is 15.6 Å². The minimum atomic E-state index is -0.228. The van der Waals surface area contributed by atoms with Crippen LogP contribution >= 0.6 is 0 Å². The molecule has 0 unspecified atom stereocenters. The van der Waals surface area contributed by atoms with Gasteiger partial charge in [-0.3, -0.25) is 14.2 Å². The maximum absolute atomic E-state index is 12.7. The summed E-state index contributed by atoms with van der Waals surface area (Å²) in [4.78, 5) is 29.1. The lowest BCUT2D eigenvalue weighted by Crippen LogP contribution is -2.31. The topological polar surface area (TPSA) is 91.0 Å². The lowest BCUT2D eigenvalue weighted by Gasteiger charge is -2.08. The first kappa shape index (κ1) is 19.4. The van der Waals surface area contributed by atoms with Gasteiger partial charge in [0.15, 0.2) is 12.3 Å². The first-order valence-electron chi connectivity index (χ1n) is 9.60. The Labute approximate surface area is 172 Å². The molecular formula is C22H21N5O3. The van der Waals surface area contributed by atoms with Gasteiger partial charge in [0.2, 0.25) is 0 Å². The molecule has 152 valence electrons. The van der Waals surface area contributed by atoms with E-state index in [9.17, 15) is 9.59 Å². The second-order valence-electron chi connectivity index (χ2n) is 6.72. The number of nitrogens with one attached hydrogen (secondary N) is 1. The minimum Gasteiger partial charge on any atom is -0.484 e. The second kappa shape index (κ2) is 9.04. The van der Waals surface area contributed by atoms with Crippen molar-refractivity contribution in [3.8, 4) is 5.75 Å². The Kier molecular flexibility index (Phi) is 5.84. The smallest absolute Gasteiger partial charge is 0.264 e. The highest BCUT2D eigenvalue weighted by atomic mass is 16.5. The lowest BCUT2D eigenvalue weighted by atomic mass is 10.2. The van der Waals surface area contributed by atoms with Crippen molar-refractivity contribution in [3.05, 3.63) is 89.1 Å². The molecule has 0 aliphatic heterocycles. The summed E-state index contributed by atoms with van der Waals surface area (Å²) in [5.74, 6) is 0.412. The number of hydrogen-bond acceptors (Lipinski definition) is 5. The quantitative estimate of drug-likeness (QED) is 0.485. The van der Waals surface area contributed by atoms with Crippen molar-refractivity contribution in [2.45, 2.75) is 13.1 Å². The standard InChI is InChI=1S/C22H21N5O3/c28-20(15-30-18-9-5-2-6-10-18)23-11-12-27-21-19(13-25-27)22(29)26(16-24-21)14-17-7-3-1-4-8-17/h1-10,13,16H,11-12,14-15H2,(H,23,28). The Morgan fingerprint density at radius 3 is 2.53 bits per heavy atom. The van der Waals surface area contributed by atoms with Crippen LogP contribution in [0.5, 0.6) is 5.75 Å². The number of para-hydroxylation sites is 1. The van der Waals surface area contributed by atoms with E-state index in [2.05, 4.69) is 15.4 Å². The van der Waals surface area contributed by atoms with Crippen LogP contribution in [0.2, 0.25) is 0 Å². The molecule has 0 atom stereocenters. The zero-order chi connectivity index (χ0) is 20.8. The van der Waals surface area contributed by atoms with Gasteiger partial charge in [-0.25, -0.2) is 9.67 Å². The number of ether oxygens (including phenoxy) is 1. The number of fused-ring (bicyclic) bond motifs is 1. The lowest BCUT2D eigenvalue weighted by molar-refractivity contribution is -0.123. The van der Waals surface area contributed by atoms with Crippen molar-refractivity contribution in [3.63, 3.8) is 0 Å². The van der Waals surface area contributed by atoms with E-state index in [1.807, 2.05) is 48.5 Å². The SMILES string of the molecule is O=C(COc1ccccc1)NCCn1ncc2c(=O)n(Cc3ccccc3)cnc21. The second-order valence-corrected chi connectivity index (χ2v) is 6.72. The van der Waals surface area contributed by atoms with E-state index in [1.165, 1.54) is 12.5 Å². The number of benzene rings is 2. The fraction of sp³-hybridized carbons (Fsp3) is 0.182. The molecule has 2 aromatic carbocycles. The van der Waals surface area contributed by atoms with Gasteiger partial charge in [-0.2, -0.15) is 5.10 Å². The molecular weight excluding hydrogens is 382 g/mol. The van der Waals surface area contributed by atoms with Gasteiger partial charge in [0.1, 0.15) is 17.5 Å². The van der Waals surface area contributed by atoms with E-state index in [1.54, 1.807) is 21.4 Å². The molecule has 0 saturated carbocycles. The Morgan fingerprint density at radius 2 is 1.77 bits per heavy atom. The van der Waals surface area contributed by atoms with Crippen LogP contribution in [-0.4, -0.2) is 38.4 Å². The zero-order valence-electron chi connectivity index (χ0n) is 16.3. The van der Waals surface area contributed by atoms with Crippen LogP contribution in [0.4, 0.5) is 0 Å². The predicted octanol–water partition coefficient (Wildman–Crippen LogP) is 1.84. The molecule has 0 saturated heterocycles. The fourth-order valence-electron chi connectivity index (χ4n) is 3.07. The maximum Gasteiger partial charge on any atom is 0.264 e. The largest absolute Gasteiger partial charge is 0.484 e. The van der Waals surface area contributed by atoms with Crippen molar-refractivity contribution in [1.29, 1.82) is 0 Å². The van der Waals surface area contributed by atoms with Crippen molar-refractivity contribution < 1.29 is 9.53 Å². The Balaban J connectivity index is 1.35. The van der Waals surface area contributed by atoms with Crippen LogP contribution in [0.15, 0.2) is 78.0 Å². The molecule has 8 nitrogen and oxygen atoms in total. The van der Waals surface area contributed by atoms with Gasteiger partial charge in [-0.15, -0.1) is 0 Å². The number of amides is 1. The number of nitrogens with zero attached hydrogens (tertiary/aromatic N) is 4. The number of hydrogen-bond donors (Lipinski definition) is 1. The first-order chi connectivity index (χ1) is 14.7. The van der Waals surface area contributed by atoms with Gasteiger partial charge < -0.3 is 10.1 Å². The molecule has 0 aliphatic carbocycles. The van der Waals surface area contributed by atoms with Gasteiger partial charge in [0.05, 0.1) is 19.3 Å². The van der Waals surface area contributed by atoms with E-state index < -0.39 is 0 Å². The summed E-state index contributed by atoms with van der Waals surface area (Å²) >= 11 is 0. The van der Waals surface area contributed by atoms with Crippen molar-refractivity contribution in [2.24, 2.45) is 0 Å². The number of carbonyl (C=O) groups excluding carboxylic acids is 1. The van der Waals surface area contributed by atoms with E-state index in [-0.39, 0.29) is 18.1 Å². The van der Waals surface area contributed by atoms with Crippen LogP contribution in [0, 0.1) is 0 Å². The molecule has 1 N–H and O–H groups in total. The van der Waals surface area contributed by atoms with Gasteiger partial charge in [-0.05, 0) is 17.7 Å². The monoisotopic (exact) mass is 403 g/mol. The minimum absolute atomic E-state index is 0.0632. The van der Waals surface area contributed by atoms with Crippen molar-refractivity contribution in [2.75, 3.05) is 13.2 Å². The predicted molar refractivity (Wildman–Crippen MR) is 112 cm³/mol. The fourth-order valence-corrected chi connectivity index (χ4v) is 3.07. The summed E-state index contributed by atoms with van der Waals surface area (Å²) in [5.41, 5.74) is 1.38. The molecule has 0 bridgehead atoms. The molecule has 1 amide bonds. The molecule has 0 aliphatic rings. The summed E-state index contributed by atoms with van der Waals surface area (Å²) in [6.45, 7) is 1.13. The summed E-state index contributed by atoms with van der Waals surface area (Å²) in [5, 5.41) is 7.48. The number of aromatic nitrogens is 4. The highest BCUT2D eigenvalue weighted by Crippen LogP contribution is 2.08. The van der Waals surface area contributed by atoms with E-state index in [0.29, 0.717) is 36.4 Å². The van der Waals surface area contributed by atoms with E-state index >= 15 is 0 Å². The molecule has 4 aromatic rings. The molecule has 2 aromatic heterocycles. The third kappa shape index (κ3) is 4.54. The van der Waals surface area contributed by atoms with Crippen LogP contribution in [0.25, 0.3) is 11.0 Å². The van der Waals surface area contributed by atoms with Gasteiger partial charge in [-0.1, -0.05) is 48.5 Å². The summed E-state index contributed by atoms with van der Waals surface area (Å²) in [6, 6.07) is 18.9. The molecule has 2 heterocycles. The zero-order valence-corrected chi connectivity index (χ0v) is 16.3. The average Bonchev–Trinajstić information content (AvgIpc) is 3.19. The third-order valence-electron chi connectivity index (χ3n) is 4.58. The molecule has 0 fully saturated rings. The van der Waals surface area contributed by atoms with Crippen LogP contribution in [0.3, 0.4) is 0 Å². The van der Waals surface area contributed by atoms with Gasteiger partial charge >= 0.3 is 0 Å². The first-order valence-corrected chi connectivity index (χ1v) is 9.60. The highest BCUT2D eigenvalue weighted by molar-refractivity contribution is 5.77. The third-order valence-corrected chi connectivity index (χ3v) is 4.58. The van der Waals surface area contributed by atoms with Gasteiger partial charge in [0.25, 0.3) is 11.5 Å². The normalized spacial score (nSPS) is 10.8. The average molecular weight is 403 g/mol. The van der Waals surface area contributed by atoms with Crippen LogP contribution in [0.1, 0.15) is 5.56 Å².